The number of benzene rings is 3. The number of aromatic nitrogens is 2. The van der Waals surface area contributed by atoms with Crippen LogP contribution in [-0.2, 0) is 6.42 Å². The number of halogens is 1. The molecule has 0 aliphatic carbocycles. The van der Waals surface area contributed by atoms with Gasteiger partial charge in [-0.15, -0.1) is 0 Å². The van der Waals surface area contributed by atoms with Crippen molar-refractivity contribution in [3.8, 4) is 5.69 Å². The molecule has 3 heteroatoms. The molecule has 0 fully saturated rings. The summed E-state index contributed by atoms with van der Waals surface area (Å²) in [6.45, 7) is 2.13. The van der Waals surface area contributed by atoms with Gasteiger partial charge in [0.15, 0.2) is 0 Å². The highest BCUT2D eigenvalue weighted by molar-refractivity contribution is 5.92. The van der Waals surface area contributed by atoms with E-state index in [1.165, 1.54) is 22.9 Å². The van der Waals surface area contributed by atoms with Crippen LogP contribution < -0.4 is 0 Å². The first-order chi connectivity index (χ1) is 11.3. The predicted molar refractivity (Wildman–Crippen MR) is 92.5 cm³/mol. The number of imidazole rings is 1. The van der Waals surface area contributed by atoms with Crippen LogP contribution in [0.25, 0.3) is 27.5 Å². The number of hydrogen-bond donors (Lipinski definition) is 0. The maximum atomic E-state index is 13.6. The van der Waals surface area contributed by atoms with Gasteiger partial charge in [0.05, 0.1) is 16.7 Å². The average Bonchev–Trinajstić information content (AvgIpc) is 2.91. The van der Waals surface area contributed by atoms with Gasteiger partial charge in [0.25, 0.3) is 0 Å². The molecule has 1 heterocycles. The van der Waals surface area contributed by atoms with Crippen LogP contribution in [0.1, 0.15) is 19.2 Å². The second-order valence-electron chi connectivity index (χ2n) is 5.74. The Kier molecular flexibility index (Phi) is 3.34. The Hall–Kier alpha value is -2.68. The molecule has 0 spiro atoms. The van der Waals surface area contributed by atoms with Crippen molar-refractivity contribution >= 4 is 21.8 Å². The molecule has 1 aromatic heterocycles. The zero-order valence-corrected chi connectivity index (χ0v) is 13.0. The van der Waals surface area contributed by atoms with Gasteiger partial charge in [0.2, 0.25) is 0 Å². The van der Waals surface area contributed by atoms with E-state index in [9.17, 15) is 4.39 Å². The summed E-state index contributed by atoms with van der Waals surface area (Å²) in [5, 5.41) is 2.37. The highest BCUT2D eigenvalue weighted by atomic mass is 19.1. The monoisotopic (exact) mass is 304 g/mol. The topological polar surface area (TPSA) is 17.8 Å². The molecule has 0 unspecified atom stereocenters. The first-order valence-corrected chi connectivity index (χ1v) is 7.93. The van der Waals surface area contributed by atoms with Crippen LogP contribution in [-0.4, -0.2) is 9.55 Å². The minimum Gasteiger partial charge on any atom is -0.296 e. The highest BCUT2D eigenvalue weighted by Gasteiger charge is 2.14. The summed E-state index contributed by atoms with van der Waals surface area (Å²) in [4.78, 5) is 4.67. The number of fused-ring (bicyclic) bond motifs is 2. The van der Waals surface area contributed by atoms with E-state index in [4.69, 9.17) is 0 Å². The van der Waals surface area contributed by atoms with Gasteiger partial charge >= 0.3 is 0 Å². The molecule has 0 saturated heterocycles. The number of nitrogens with zero attached hydrogens (tertiary/aromatic N) is 2. The summed E-state index contributed by atoms with van der Waals surface area (Å²) < 4.78 is 15.7. The molecule has 4 aromatic rings. The maximum Gasteiger partial charge on any atom is 0.125 e. The third kappa shape index (κ3) is 2.29. The second kappa shape index (κ2) is 5.51. The number of aryl methyl sites for hydroxylation is 1. The van der Waals surface area contributed by atoms with Crippen molar-refractivity contribution in [3.63, 3.8) is 0 Å². The van der Waals surface area contributed by atoms with Crippen molar-refractivity contribution in [1.29, 1.82) is 0 Å². The van der Waals surface area contributed by atoms with Crippen molar-refractivity contribution in [1.82, 2.24) is 9.55 Å². The summed E-state index contributed by atoms with van der Waals surface area (Å²) in [6.07, 6.45) is 1.86. The molecule has 0 N–H and O–H groups in total. The molecule has 114 valence electrons. The molecule has 0 radical (unpaired) electrons. The molecule has 2 nitrogen and oxygen atoms in total. The van der Waals surface area contributed by atoms with E-state index in [1.807, 2.05) is 18.2 Å². The summed E-state index contributed by atoms with van der Waals surface area (Å²) in [5.41, 5.74) is 2.76. The van der Waals surface area contributed by atoms with Crippen LogP contribution in [0.5, 0.6) is 0 Å². The van der Waals surface area contributed by atoms with Crippen molar-refractivity contribution in [2.45, 2.75) is 19.8 Å². The second-order valence-corrected chi connectivity index (χ2v) is 5.74. The quantitative estimate of drug-likeness (QED) is 0.504. The predicted octanol–water partition coefficient (Wildman–Crippen LogP) is 5.27. The lowest BCUT2D eigenvalue weighted by atomic mass is 10.1. The summed E-state index contributed by atoms with van der Waals surface area (Å²) in [5.74, 6) is 0.729. The largest absolute Gasteiger partial charge is 0.296 e. The van der Waals surface area contributed by atoms with Crippen LogP contribution in [0.2, 0.25) is 0 Å². The SMILES string of the molecule is CCCc1nc2cc(F)ccc2n1-c1cccc2ccccc12. The molecule has 23 heavy (non-hydrogen) atoms. The van der Waals surface area contributed by atoms with E-state index in [0.29, 0.717) is 5.52 Å². The molecular formula is C20H17FN2. The van der Waals surface area contributed by atoms with E-state index in [-0.39, 0.29) is 5.82 Å². The van der Waals surface area contributed by atoms with Gasteiger partial charge in [-0.2, -0.15) is 0 Å². The minimum atomic E-state index is -0.247. The standard InChI is InChI=1S/C20H17FN2/c1-2-6-20-22-17-13-15(21)11-12-19(17)23(20)18-10-5-8-14-7-3-4-9-16(14)18/h3-5,7-13H,2,6H2,1H3. The van der Waals surface area contributed by atoms with Crippen molar-refractivity contribution in [2.75, 3.05) is 0 Å². The Morgan fingerprint density at radius 3 is 2.70 bits per heavy atom. The molecule has 3 aromatic carbocycles. The normalized spacial score (nSPS) is 11.4. The van der Waals surface area contributed by atoms with E-state index in [0.717, 1.165) is 29.9 Å². The van der Waals surface area contributed by atoms with Gasteiger partial charge in [0.1, 0.15) is 11.6 Å². The fraction of sp³-hybridized carbons (Fsp3) is 0.150. The van der Waals surface area contributed by atoms with Gasteiger partial charge in [0, 0.05) is 17.9 Å². The van der Waals surface area contributed by atoms with E-state index < -0.39 is 0 Å². The lowest BCUT2D eigenvalue weighted by molar-refractivity contribution is 0.629. The first-order valence-electron chi connectivity index (χ1n) is 7.93. The van der Waals surface area contributed by atoms with Crippen LogP contribution in [0.4, 0.5) is 4.39 Å². The van der Waals surface area contributed by atoms with Gasteiger partial charge in [-0.3, -0.25) is 4.57 Å². The van der Waals surface area contributed by atoms with E-state index in [1.54, 1.807) is 0 Å². The number of hydrogen-bond acceptors (Lipinski definition) is 1. The molecule has 0 amide bonds. The van der Waals surface area contributed by atoms with Gasteiger partial charge in [-0.05, 0) is 30.0 Å². The van der Waals surface area contributed by atoms with Crippen molar-refractivity contribution < 1.29 is 4.39 Å². The van der Waals surface area contributed by atoms with Gasteiger partial charge in [-0.25, -0.2) is 9.37 Å². The van der Waals surface area contributed by atoms with Crippen molar-refractivity contribution in [3.05, 3.63) is 72.3 Å². The van der Waals surface area contributed by atoms with Crippen molar-refractivity contribution in [2.24, 2.45) is 0 Å². The van der Waals surface area contributed by atoms with Crippen LogP contribution in [0.3, 0.4) is 0 Å². The third-order valence-electron chi connectivity index (χ3n) is 4.17. The smallest absolute Gasteiger partial charge is 0.125 e. The fourth-order valence-corrected chi connectivity index (χ4v) is 3.17. The zero-order chi connectivity index (χ0) is 15.8. The van der Waals surface area contributed by atoms with E-state index >= 15 is 0 Å². The molecule has 0 aliphatic rings. The Balaban J connectivity index is 2.08. The molecule has 0 bridgehead atoms. The Labute approximate surface area is 134 Å². The Bertz CT molecular complexity index is 996. The van der Waals surface area contributed by atoms with Crippen LogP contribution >= 0.6 is 0 Å². The fourth-order valence-electron chi connectivity index (χ4n) is 3.17. The third-order valence-corrected chi connectivity index (χ3v) is 4.17. The molecule has 0 aliphatic heterocycles. The highest BCUT2D eigenvalue weighted by Crippen LogP contribution is 2.28. The van der Waals surface area contributed by atoms with Crippen LogP contribution in [0.15, 0.2) is 60.7 Å². The average molecular weight is 304 g/mol. The van der Waals surface area contributed by atoms with Gasteiger partial charge < -0.3 is 0 Å². The lowest BCUT2D eigenvalue weighted by Crippen LogP contribution is -2.01. The minimum absolute atomic E-state index is 0.247. The van der Waals surface area contributed by atoms with E-state index in [2.05, 4.69) is 46.8 Å². The Morgan fingerprint density at radius 1 is 1.00 bits per heavy atom. The number of rotatable bonds is 3. The first kappa shape index (κ1) is 13.9. The maximum absolute atomic E-state index is 13.6. The summed E-state index contributed by atoms with van der Waals surface area (Å²) in [7, 11) is 0. The van der Waals surface area contributed by atoms with Gasteiger partial charge in [-0.1, -0.05) is 43.3 Å². The van der Waals surface area contributed by atoms with Crippen LogP contribution in [0, 0.1) is 5.82 Å². The Morgan fingerprint density at radius 2 is 1.83 bits per heavy atom. The molecule has 0 atom stereocenters. The molecular weight excluding hydrogens is 287 g/mol. The molecule has 4 rings (SSSR count). The molecule has 0 saturated carbocycles. The summed E-state index contributed by atoms with van der Waals surface area (Å²) in [6, 6.07) is 19.4. The lowest BCUT2D eigenvalue weighted by Gasteiger charge is -2.12. The zero-order valence-electron chi connectivity index (χ0n) is 13.0. The summed E-state index contributed by atoms with van der Waals surface area (Å²) >= 11 is 0.